The molecule has 0 saturated heterocycles. The Morgan fingerprint density at radius 3 is 2.25 bits per heavy atom. The summed E-state index contributed by atoms with van der Waals surface area (Å²) in [6.07, 6.45) is 12.4. The number of carbonyl (C=O) groups excluding carboxylic acids is 1. The average molecular weight is 602 g/mol. The highest BCUT2D eigenvalue weighted by Crippen LogP contribution is 2.77. The number of carbonyl (C=O) groups is 2. The molecule has 1 aromatic carbocycles. The van der Waals surface area contributed by atoms with Crippen LogP contribution in [0.25, 0.3) is 5.57 Å². The van der Waals surface area contributed by atoms with Gasteiger partial charge in [0.2, 0.25) is 5.91 Å². The maximum Gasteiger partial charge on any atom is 0.335 e. The number of fused-ring (bicyclic) bond motifs is 7. The van der Waals surface area contributed by atoms with Crippen LogP contribution in [-0.2, 0) is 4.79 Å². The van der Waals surface area contributed by atoms with E-state index < -0.39 is 5.97 Å². The zero-order valence-corrected chi connectivity index (χ0v) is 28.0. The van der Waals surface area contributed by atoms with Gasteiger partial charge in [0, 0.05) is 6.54 Å². The van der Waals surface area contributed by atoms with Gasteiger partial charge >= 0.3 is 5.97 Å². The van der Waals surface area contributed by atoms with Crippen LogP contribution in [0.15, 0.2) is 42.5 Å². The molecule has 0 spiro atoms. The molecule has 9 unspecified atom stereocenters. The van der Waals surface area contributed by atoms with Crippen LogP contribution in [0.2, 0.25) is 0 Å². The van der Waals surface area contributed by atoms with Gasteiger partial charge < -0.3 is 15.5 Å². The van der Waals surface area contributed by atoms with Crippen LogP contribution >= 0.6 is 0 Å². The van der Waals surface area contributed by atoms with Crippen molar-refractivity contribution in [3.8, 4) is 0 Å². The second-order valence-corrected chi connectivity index (χ2v) is 16.7. The predicted molar refractivity (Wildman–Crippen MR) is 176 cm³/mol. The number of amides is 1. The Morgan fingerprint density at radius 2 is 1.61 bits per heavy atom. The minimum atomic E-state index is -0.880. The molecule has 6 rings (SSSR count). The lowest BCUT2D eigenvalue weighted by molar-refractivity contribution is -0.225. The second-order valence-electron chi connectivity index (χ2n) is 16.7. The highest BCUT2D eigenvalue weighted by molar-refractivity contribution is 5.88. The fourth-order valence-corrected chi connectivity index (χ4v) is 12.8. The fraction of sp³-hybridized carbons (Fsp3) is 0.692. The maximum absolute atomic E-state index is 13.9. The third kappa shape index (κ3) is 4.19. The Kier molecular flexibility index (Phi) is 7.59. The van der Waals surface area contributed by atoms with Gasteiger partial charge in [-0.2, -0.15) is 0 Å². The molecular weight excluding hydrogens is 546 g/mol. The summed E-state index contributed by atoms with van der Waals surface area (Å²) in [5, 5.41) is 22.1. The number of aliphatic hydroxyl groups is 1. The van der Waals surface area contributed by atoms with Crippen LogP contribution in [0.3, 0.4) is 0 Å². The van der Waals surface area contributed by atoms with Crippen molar-refractivity contribution < 1.29 is 19.8 Å². The molecule has 0 aromatic heterocycles. The summed E-state index contributed by atoms with van der Waals surface area (Å²) in [7, 11) is 0. The number of benzene rings is 1. The number of allylic oxidation sites excluding steroid dienone is 3. The normalized spacial score (nSPS) is 42.2. The molecule has 5 heteroatoms. The molecule has 44 heavy (non-hydrogen) atoms. The van der Waals surface area contributed by atoms with E-state index in [4.69, 9.17) is 0 Å². The molecule has 4 saturated carbocycles. The molecule has 0 radical (unpaired) electrons. The average Bonchev–Trinajstić information content (AvgIpc) is 3.37. The topological polar surface area (TPSA) is 86.6 Å². The van der Waals surface area contributed by atoms with Crippen LogP contribution in [-0.4, -0.2) is 35.2 Å². The van der Waals surface area contributed by atoms with Gasteiger partial charge in [-0.05, 0) is 139 Å². The van der Waals surface area contributed by atoms with Crippen molar-refractivity contribution in [2.24, 2.45) is 56.7 Å². The molecule has 1 amide bonds. The largest absolute Gasteiger partial charge is 0.478 e. The molecule has 9 atom stereocenters. The molecule has 4 fully saturated rings. The summed E-state index contributed by atoms with van der Waals surface area (Å²) in [5.41, 5.74) is 4.29. The van der Waals surface area contributed by atoms with Crippen LogP contribution in [0.5, 0.6) is 0 Å². The zero-order valence-electron chi connectivity index (χ0n) is 28.0. The zero-order chi connectivity index (χ0) is 31.9. The van der Waals surface area contributed by atoms with E-state index >= 15 is 0 Å². The van der Waals surface area contributed by atoms with E-state index in [1.807, 2.05) is 12.1 Å². The summed E-state index contributed by atoms with van der Waals surface area (Å²) >= 11 is 0. The second kappa shape index (κ2) is 10.6. The van der Waals surface area contributed by atoms with E-state index in [1.165, 1.54) is 36.8 Å². The van der Waals surface area contributed by atoms with Gasteiger partial charge in [0.1, 0.15) is 0 Å². The van der Waals surface area contributed by atoms with Crippen LogP contribution < -0.4 is 5.32 Å². The van der Waals surface area contributed by atoms with Gasteiger partial charge in [-0.3, -0.25) is 4.79 Å². The molecule has 0 aliphatic heterocycles. The molecular formula is C39H55NO4. The number of nitrogens with one attached hydrogen (secondary N) is 1. The Balaban J connectivity index is 1.35. The number of aliphatic hydroxyl groups excluding tert-OH is 1. The molecule has 5 nitrogen and oxygen atoms in total. The Bertz CT molecular complexity index is 1380. The van der Waals surface area contributed by atoms with E-state index in [0.29, 0.717) is 41.7 Å². The smallest absolute Gasteiger partial charge is 0.335 e. The standard InChI is InChI=1S/C39H55NO4/c1-24(2)27-14-19-39(34(44)40-22-23-41)21-20-37(6)29(32(27)39)12-13-31-36(5)17-15-28(25-8-10-26(11-9-25)33(42)43)35(3,4)30(36)16-18-38(31,37)7/h8-11,15,27,29-32,41H,1,12-14,16-23H2,2-7H3,(H,40,44)(H,42,43). The van der Waals surface area contributed by atoms with Crippen molar-refractivity contribution in [2.75, 3.05) is 13.2 Å². The Morgan fingerprint density at radius 1 is 0.909 bits per heavy atom. The quantitative estimate of drug-likeness (QED) is 0.287. The summed E-state index contributed by atoms with van der Waals surface area (Å²) in [6, 6.07) is 7.50. The lowest BCUT2D eigenvalue weighted by Crippen LogP contribution is -2.66. The number of hydrogen-bond donors (Lipinski definition) is 3. The molecule has 5 aliphatic rings. The SMILES string of the molecule is C=C(C)C1CCC2(C(=O)NCCO)CCC3(C)C(CCC4C5(C)CC=C(c6ccc(C(=O)O)cc6)C(C)(C)C5CCC43C)C12. The van der Waals surface area contributed by atoms with E-state index in [1.54, 1.807) is 12.1 Å². The summed E-state index contributed by atoms with van der Waals surface area (Å²) in [4.78, 5) is 25.4. The van der Waals surface area contributed by atoms with Crippen molar-refractivity contribution in [1.29, 1.82) is 0 Å². The molecule has 5 aliphatic carbocycles. The third-order valence-corrected chi connectivity index (χ3v) is 14.9. The van der Waals surface area contributed by atoms with Crippen LogP contribution in [0, 0.1) is 56.7 Å². The maximum atomic E-state index is 13.9. The van der Waals surface area contributed by atoms with Crippen molar-refractivity contribution in [1.82, 2.24) is 5.32 Å². The molecule has 3 N–H and O–H groups in total. The predicted octanol–water partition coefficient (Wildman–Crippen LogP) is 8.14. The van der Waals surface area contributed by atoms with Crippen molar-refractivity contribution in [3.63, 3.8) is 0 Å². The Hall–Kier alpha value is -2.40. The first-order chi connectivity index (χ1) is 20.7. The Labute approximate surface area is 265 Å². The number of rotatable bonds is 6. The molecule has 240 valence electrons. The van der Waals surface area contributed by atoms with E-state index in [9.17, 15) is 19.8 Å². The van der Waals surface area contributed by atoms with E-state index in [2.05, 4.69) is 59.5 Å². The van der Waals surface area contributed by atoms with Gasteiger partial charge in [0.05, 0.1) is 17.6 Å². The van der Waals surface area contributed by atoms with Gasteiger partial charge in [-0.25, -0.2) is 4.79 Å². The van der Waals surface area contributed by atoms with Crippen molar-refractivity contribution in [3.05, 3.63) is 53.6 Å². The minimum absolute atomic E-state index is 0.0141. The number of hydrogen-bond acceptors (Lipinski definition) is 3. The lowest BCUT2D eigenvalue weighted by Gasteiger charge is -2.72. The van der Waals surface area contributed by atoms with E-state index in [0.717, 1.165) is 37.7 Å². The first kappa shape index (κ1) is 31.6. The lowest BCUT2D eigenvalue weighted by atomic mass is 9.32. The van der Waals surface area contributed by atoms with Gasteiger partial charge in [-0.1, -0.05) is 65.0 Å². The fourth-order valence-electron chi connectivity index (χ4n) is 12.8. The van der Waals surface area contributed by atoms with E-state index in [-0.39, 0.29) is 39.6 Å². The number of aromatic carboxylic acids is 1. The first-order valence-corrected chi connectivity index (χ1v) is 17.3. The van der Waals surface area contributed by atoms with Gasteiger partial charge in [0.15, 0.2) is 0 Å². The van der Waals surface area contributed by atoms with Gasteiger partial charge in [-0.15, -0.1) is 0 Å². The van der Waals surface area contributed by atoms with Crippen molar-refractivity contribution in [2.45, 2.75) is 99.3 Å². The summed E-state index contributed by atoms with van der Waals surface area (Å²) in [5.74, 6) is 1.66. The van der Waals surface area contributed by atoms with Crippen LogP contribution in [0.1, 0.15) is 115 Å². The highest BCUT2D eigenvalue weighted by Gasteiger charge is 2.71. The molecule has 0 heterocycles. The monoisotopic (exact) mass is 601 g/mol. The first-order valence-electron chi connectivity index (χ1n) is 17.3. The summed E-state index contributed by atoms with van der Waals surface area (Å²) < 4.78 is 0. The van der Waals surface area contributed by atoms with Crippen LogP contribution in [0.4, 0.5) is 0 Å². The highest BCUT2D eigenvalue weighted by atomic mass is 16.4. The van der Waals surface area contributed by atoms with Gasteiger partial charge in [0.25, 0.3) is 0 Å². The van der Waals surface area contributed by atoms with Crippen molar-refractivity contribution >= 4 is 17.4 Å². The molecule has 1 aromatic rings. The molecule has 0 bridgehead atoms. The number of carboxylic acids is 1. The number of carboxylic acid groups (broad SMARTS) is 1. The summed E-state index contributed by atoms with van der Waals surface area (Å²) in [6.45, 7) is 19.6. The minimum Gasteiger partial charge on any atom is -0.478 e. The third-order valence-electron chi connectivity index (χ3n) is 14.9.